The Kier molecular flexibility index (Phi) is 2.88. The number of hydrogen-bond donors (Lipinski definition) is 1. The molecule has 2 aliphatic heterocycles. The van der Waals surface area contributed by atoms with Crippen molar-refractivity contribution in [3.63, 3.8) is 0 Å². The normalized spacial score (nSPS) is 41.2. The van der Waals surface area contributed by atoms with Crippen molar-refractivity contribution >= 4 is 0 Å². The predicted octanol–water partition coefficient (Wildman–Crippen LogP) is 1.60. The highest BCUT2D eigenvalue weighted by Crippen LogP contribution is 2.36. The lowest BCUT2D eigenvalue weighted by Gasteiger charge is -2.36. The fourth-order valence-electron chi connectivity index (χ4n) is 2.43. The van der Waals surface area contributed by atoms with E-state index in [0.29, 0.717) is 6.42 Å². The molecule has 0 aromatic heterocycles. The van der Waals surface area contributed by atoms with Gasteiger partial charge >= 0.3 is 0 Å². The van der Waals surface area contributed by atoms with E-state index < -0.39 is 6.29 Å². The summed E-state index contributed by atoms with van der Waals surface area (Å²) in [6.07, 6.45) is -0.895. The van der Waals surface area contributed by atoms with Gasteiger partial charge in [0, 0.05) is 12.0 Å². The van der Waals surface area contributed by atoms with Crippen LogP contribution >= 0.6 is 0 Å². The SMILES string of the molecule is C[C@@H]1O[C@@H](c2ccccc2)O[C@H]2C[C@@H](O)O[C@@H]12. The summed E-state index contributed by atoms with van der Waals surface area (Å²) in [7, 11) is 0. The van der Waals surface area contributed by atoms with Crippen molar-refractivity contribution in [2.75, 3.05) is 0 Å². The van der Waals surface area contributed by atoms with Crippen molar-refractivity contribution < 1.29 is 19.3 Å². The van der Waals surface area contributed by atoms with E-state index in [1.807, 2.05) is 37.3 Å². The lowest BCUT2D eigenvalue weighted by Crippen LogP contribution is -2.43. The molecule has 1 aromatic carbocycles. The van der Waals surface area contributed by atoms with Gasteiger partial charge in [0.2, 0.25) is 0 Å². The van der Waals surface area contributed by atoms with E-state index in [-0.39, 0.29) is 24.6 Å². The van der Waals surface area contributed by atoms with Gasteiger partial charge in [0.25, 0.3) is 0 Å². The Morgan fingerprint density at radius 3 is 2.65 bits per heavy atom. The molecule has 4 nitrogen and oxygen atoms in total. The second kappa shape index (κ2) is 4.38. The van der Waals surface area contributed by atoms with Crippen LogP contribution in [0.1, 0.15) is 25.2 Å². The highest BCUT2D eigenvalue weighted by molar-refractivity contribution is 5.16. The third-order valence-electron chi connectivity index (χ3n) is 3.29. The van der Waals surface area contributed by atoms with Gasteiger partial charge in [0.05, 0.1) is 12.2 Å². The van der Waals surface area contributed by atoms with Gasteiger partial charge in [-0.25, -0.2) is 0 Å². The minimum absolute atomic E-state index is 0.0730. The van der Waals surface area contributed by atoms with Crippen LogP contribution in [0.2, 0.25) is 0 Å². The third-order valence-corrected chi connectivity index (χ3v) is 3.29. The molecule has 0 bridgehead atoms. The van der Waals surface area contributed by atoms with Crippen LogP contribution in [0.5, 0.6) is 0 Å². The van der Waals surface area contributed by atoms with Crippen molar-refractivity contribution in [3.05, 3.63) is 35.9 Å². The van der Waals surface area contributed by atoms with Crippen molar-refractivity contribution in [1.29, 1.82) is 0 Å². The first-order valence-corrected chi connectivity index (χ1v) is 5.93. The van der Waals surface area contributed by atoms with Crippen molar-refractivity contribution in [1.82, 2.24) is 0 Å². The van der Waals surface area contributed by atoms with Crippen LogP contribution < -0.4 is 0 Å². The van der Waals surface area contributed by atoms with E-state index in [9.17, 15) is 5.11 Å². The molecule has 92 valence electrons. The zero-order chi connectivity index (χ0) is 11.8. The van der Waals surface area contributed by atoms with Gasteiger partial charge in [0.1, 0.15) is 6.10 Å². The van der Waals surface area contributed by atoms with Gasteiger partial charge in [-0.05, 0) is 6.92 Å². The first-order chi connectivity index (χ1) is 8.24. The number of fused-ring (bicyclic) bond motifs is 1. The van der Waals surface area contributed by atoms with Gasteiger partial charge in [-0.2, -0.15) is 0 Å². The molecule has 0 amide bonds. The van der Waals surface area contributed by atoms with Crippen molar-refractivity contribution in [2.24, 2.45) is 0 Å². The molecule has 2 fully saturated rings. The summed E-state index contributed by atoms with van der Waals surface area (Å²) >= 11 is 0. The average molecular weight is 236 g/mol. The Morgan fingerprint density at radius 1 is 1.12 bits per heavy atom. The molecular formula is C13H16O4. The third kappa shape index (κ3) is 2.09. The molecular weight excluding hydrogens is 220 g/mol. The molecule has 2 saturated heterocycles. The number of hydrogen-bond acceptors (Lipinski definition) is 4. The quantitative estimate of drug-likeness (QED) is 0.804. The van der Waals surface area contributed by atoms with E-state index in [1.54, 1.807) is 0 Å². The zero-order valence-electron chi connectivity index (χ0n) is 9.65. The summed E-state index contributed by atoms with van der Waals surface area (Å²) in [5.74, 6) is 0. The molecule has 0 unspecified atom stereocenters. The maximum Gasteiger partial charge on any atom is 0.184 e. The summed E-state index contributed by atoms with van der Waals surface area (Å²) in [6.45, 7) is 1.95. The van der Waals surface area contributed by atoms with Crippen LogP contribution in [-0.2, 0) is 14.2 Å². The summed E-state index contributed by atoms with van der Waals surface area (Å²) in [5, 5.41) is 9.48. The Labute approximate surface area is 100 Å². The number of benzene rings is 1. The summed E-state index contributed by atoms with van der Waals surface area (Å²) < 4.78 is 17.0. The first kappa shape index (κ1) is 11.2. The summed E-state index contributed by atoms with van der Waals surface area (Å²) in [4.78, 5) is 0. The molecule has 17 heavy (non-hydrogen) atoms. The summed E-state index contributed by atoms with van der Waals surface area (Å²) in [6, 6.07) is 9.83. The maximum absolute atomic E-state index is 9.48. The van der Waals surface area contributed by atoms with E-state index in [2.05, 4.69) is 0 Å². The molecule has 0 spiro atoms. The van der Waals surface area contributed by atoms with Gasteiger partial charge in [-0.3, -0.25) is 0 Å². The lowest BCUT2D eigenvalue weighted by molar-refractivity contribution is -0.277. The number of rotatable bonds is 1. The fraction of sp³-hybridized carbons (Fsp3) is 0.538. The molecule has 5 atom stereocenters. The van der Waals surface area contributed by atoms with Gasteiger partial charge in [0.15, 0.2) is 12.6 Å². The molecule has 3 rings (SSSR count). The smallest absolute Gasteiger partial charge is 0.184 e. The Bertz CT molecular complexity index is 380. The molecule has 1 aromatic rings. The Morgan fingerprint density at radius 2 is 1.88 bits per heavy atom. The van der Waals surface area contributed by atoms with Crippen LogP contribution in [-0.4, -0.2) is 29.7 Å². The van der Waals surface area contributed by atoms with Gasteiger partial charge in [-0.15, -0.1) is 0 Å². The molecule has 2 heterocycles. The number of aliphatic hydroxyl groups excluding tert-OH is 1. The predicted molar refractivity (Wildman–Crippen MR) is 60.1 cm³/mol. The molecule has 1 N–H and O–H groups in total. The largest absolute Gasteiger partial charge is 0.368 e. The highest BCUT2D eigenvalue weighted by Gasteiger charge is 2.45. The highest BCUT2D eigenvalue weighted by atomic mass is 16.7. The molecule has 4 heteroatoms. The monoisotopic (exact) mass is 236 g/mol. The van der Waals surface area contributed by atoms with Crippen LogP contribution in [0.15, 0.2) is 30.3 Å². The Hall–Kier alpha value is -0.940. The van der Waals surface area contributed by atoms with Crippen LogP contribution in [0, 0.1) is 0 Å². The number of ether oxygens (including phenoxy) is 3. The molecule has 0 saturated carbocycles. The van der Waals surface area contributed by atoms with Gasteiger partial charge in [-0.1, -0.05) is 30.3 Å². The van der Waals surface area contributed by atoms with Crippen molar-refractivity contribution in [2.45, 2.75) is 44.2 Å². The van der Waals surface area contributed by atoms with Crippen LogP contribution in [0.3, 0.4) is 0 Å². The van der Waals surface area contributed by atoms with E-state index >= 15 is 0 Å². The lowest BCUT2D eigenvalue weighted by atomic mass is 10.1. The fourth-order valence-corrected chi connectivity index (χ4v) is 2.43. The molecule has 0 aliphatic carbocycles. The second-order valence-electron chi connectivity index (χ2n) is 4.55. The topological polar surface area (TPSA) is 47.9 Å². The minimum Gasteiger partial charge on any atom is -0.368 e. The van der Waals surface area contributed by atoms with Crippen LogP contribution in [0.4, 0.5) is 0 Å². The van der Waals surface area contributed by atoms with Crippen molar-refractivity contribution in [3.8, 4) is 0 Å². The maximum atomic E-state index is 9.48. The van der Waals surface area contributed by atoms with E-state index in [4.69, 9.17) is 14.2 Å². The zero-order valence-corrected chi connectivity index (χ0v) is 9.65. The van der Waals surface area contributed by atoms with Gasteiger partial charge < -0.3 is 19.3 Å². The molecule has 0 radical (unpaired) electrons. The summed E-state index contributed by atoms with van der Waals surface area (Å²) in [5.41, 5.74) is 0.999. The standard InChI is InChI=1S/C13H16O4/c1-8-12-10(7-11(14)17-12)16-13(15-8)9-5-3-2-4-6-9/h2-6,8,10-14H,7H2,1H3/t8-,10-,11-,12-,13+/m0/s1. The first-order valence-electron chi connectivity index (χ1n) is 5.93. The van der Waals surface area contributed by atoms with E-state index in [0.717, 1.165) is 5.56 Å². The Balaban J connectivity index is 1.78. The van der Waals surface area contributed by atoms with E-state index in [1.165, 1.54) is 0 Å². The minimum atomic E-state index is -0.731. The average Bonchev–Trinajstić information content (AvgIpc) is 2.71. The number of aliphatic hydroxyl groups is 1. The molecule has 2 aliphatic rings. The van der Waals surface area contributed by atoms with Crippen LogP contribution in [0.25, 0.3) is 0 Å². The second-order valence-corrected chi connectivity index (χ2v) is 4.55.